The number of aliphatic hydroxyl groups excluding tert-OH is 4. The van der Waals surface area contributed by atoms with E-state index in [1.165, 1.54) is 0 Å². The van der Waals surface area contributed by atoms with E-state index in [1.807, 2.05) is 170 Å². The van der Waals surface area contributed by atoms with Crippen molar-refractivity contribution in [2.45, 2.75) is 26.4 Å². The van der Waals surface area contributed by atoms with E-state index in [0.717, 1.165) is 99.5 Å². The Balaban J connectivity index is 1.04. The summed E-state index contributed by atoms with van der Waals surface area (Å²) in [6, 6.07) is 61.7. The SMILES string of the molecule is OCc1ccc(Oc2ccc3c(c2)-c2cc4[nH]c(cc5nc(cc6[nH]c(cc-3n2)c2cc(Oc3ccc(CO)cc3)ccc62)-c2cc(Oc3ccc(CO)cc3)ccc2-5)c2cc(Oc3ccc(CO)cc3)ccc42)cc1. The Morgan fingerprint density at radius 3 is 0.842 bits per heavy atom. The Morgan fingerprint density at radius 2 is 0.526 bits per heavy atom. The maximum atomic E-state index is 9.67. The quantitative estimate of drug-likeness (QED) is 0.0691. The molecular weight excluding hydrogens is 953 g/mol. The number of benzene rings is 8. The first kappa shape index (κ1) is 46.2. The van der Waals surface area contributed by atoms with Crippen LogP contribution in [-0.2, 0) is 26.4 Å². The third-order valence-electron chi connectivity index (χ3n) is 13.7. The highest BCUT2D eigenvalue weighted by molar-refractivity contribution is 6.11. The third-order valence-corrected chi connectivity index (χ3v) is 13.7. The predicted molar refractivity (Wildman–Crippen MR) is 295 cm³/mol. The molecule has 0 aliphatic carbocycles. The molecule has 0 atom stereocenters. The van der Waals surface area contributed by atoms with Crippen LogP contribution in [0, 0.1) is 0 Å². The molecule has 0 fully saturated rings. The first-order chi connectivity index (χ1) is 37.3. The van der Waals surface area contributed by atoms with Crippen molar-refractivity contribution in [3.63, 3.8) is 0 Å². The lowest BCUT2D eigenvalue weighted by Gasteiger charge is -2.08. The van der Waals surface area contributed by atoms with E-state index in [2.05, 4.69) is 34.2 Å². The summed E-state index contributed by atoms with van der Waals surface area (Å²) in [6.07, 6.45) is 0. The molecule has 0 spiro atoms. The molecule has 3 aromatic heterocycles. The lowest BCUT2D eigenvalue weighted by Crippen LogP contribution is -1.87. The second kappa shape index (κ2) is 19.4. The molecule has 6 N–H and O–H groups in total. The fourth-order valence-corrected chi connectivity index (χ4v) is 9.83. The van der Waals surface area contributed by atoms with Crippen LogP contribution < -0.4 is 18.9 Å². The van der Waals surface area contributed by atoms with Crippen LogP contribution in [0.1, 0.15) is 22.3 Å². The van der Waals surface area contributed by atoms with Crippen molar-refractivity contribution in [2.75, 3.05) is 0 Å². The summed E-state index contributed by atoms with van der Waals surface area (Å²) in [5.41, 5.74) is 12.8. The molecule has 0 saturated carbocycles. The molecule has 13 rings (SSSR count). The number of rotatable bonds is 12. The second-order valence-electron chi connectivity index (χ2n) is 18.7. The van der Waals surface area contributed by atoms with Gasteiger partial charge in [0.2, 0.25) is 0 Å². The molecule has 370 valence electrons. The first-order valence-electron chi connectivity index (χ1n) is 24.8. The minimum atomic E-state index is -0.0614. The van der Waals surface area contributed by atoms with E-state index in [-0.39, 0.29) is 26.4 Å². The summed E-state index contributed by atoms with van der Waals surface area (Å²) in [5.74, 6) is 5.04. The zero-order chi connectivity index (χ0) is 51.3. The number of nitrogens with one attached hydrogen (secondary N) is 2. The zero-order valence-corrected chi connectivity index (χ0v) is 40.6. The third kappa shape index (κ3) is 8.93. The number of aromatic nitrogens is 4. The predicted octanol–water partition coefficient (Wildman–Crippen LogP) is 14.4. The summed E-state index contributed by atoms with van der Waals surface area (Å²) in [6.45, 7) is -0.245. The van der Waals surface area contributed by atoms with Crippen molar-refractivity contribution in [1.29, 1.82) is 0 Å². The van der Waals surface area contributed by atoms with Crippen LogP contribution in [-0.4, -0.2) is 40.4 Å². The number of nitrogens with zero attached hydrogens (tertiary/aromatic N) is 2. The number of aliphatic hydroxyl groups is 4. The average molecular weight is 999 g/mol. The Morgan fingerprint density at radius 1 is 0.263 bits per heavy atom. The van der Waals surface area contributed by atoms with Gasteiger partial charge in [0.1, 0.15) is 46.0 Å². The number of fused-ring (bicyclic) bond motifs is 20. The summed E-state index contributed by atoms with van der Waals surface area (Å²) in [5, 5.41) is 42.4. The van der Waals surface area contributed by atoms with Crippen molar-refractivity contribution in [1.82, 2.24) is 19.9 Å². The van der Waals surface area contributed by atoms with E-state index < -0.39 is 0 Å². The molecule has 76 heavy (non-hydrogen) atoms. The molecule has 2 aliphatic heterocycles. The van der Waals surface area contributed by atoms with Gasteiger partial charge in [-0.2, -0.15) is 0 Å². The van der Waals surface area contributed by atoms with Gasteiger partial charge in [0.15, 0.2) is 0 Å². The van der Waals surface area contributed by atoms with Crippen LogP contribution in [0.3, 0.4) is 0 Å². The summed E-state index contributed by atoms with van der Waals surface area (Å²) < 4.78 is 25.7. The van der Waals surface area contributed by atoms with Gasteiger partial charge in [0, 0.05) is 65.9 Å². The smallest absolute Gasteiger partial charge is 0.128 e. The molecule has 5 heterocycles. The number of aromatic amines is 2. The van der Waals surface area contributed by atoms with Crippen LogP contribution in [0.15, 0.2) is 194 Å². The Hall–Kier alpha value is -9.56. The molecule has 8 bridgehead atoms. The fourth-order valence-electron chi connectivity index (χ4n) is 9.83. The molecule has 12 nitrogen and oxygen atoms in total. The molecular formula is C64H46N4O8. The zero-order valence-electron chi connectivity index (χ0n) is 40.6. The minimum Gasteiger partial charge on any atom is -0.457 e. The normalized spacial score (nSPS) is 11.6. The van der Waals surface area contributed by atoms with Gasteiger partial charge in [-0.15, -0.1) is 0 Å². The molecule has 0 amide bonds. The topological polar surface area (TPSA) is 175 Å². The van der Waals surface area contributed by atoms with Gasteiger partial charge in [0.25, 0.3) is 0 Å². The maximum Gasteiger partial charge on any atom is 0.128 e. The highest BCUT2D eigenvalue weighted by atomic mass is 16.5. The van der Waals surface area contributed by atoms with Crippen LogP contribution in [0.4, 0.5) is 0 Å². The van der Waals surface area contributed by atoms with Crippen LogP contribution >= 0.6 is 0 Å². The van der Waals surface area contributed by atoms with Crippen LogP contribution in [0.5, 0.6) is 46.0 Å². The van der Waals surface area contributed by atoms with Gasteiger partial charge in [-0.25, -0.2) is 9.97 Å². The number of ether oxygens (including phenoxy) is 4. The van der Waals surface area contributed by atoms with Crippen LogP contribution in [0.25, 0.3) is 88.6 Å². The lowest BCUT2D eigenvalue weighted by molar-refractivity contribution is 0.281. The summed E-state index contributed by atoms with van der Waals surface area (Å²) >= 11 is 0. The van der Waals surface area contributed by atoms with Gasteiger partial charge in [-0.05, 0) is 168 Å². The van der Waals surface area contributed by atoms with E-state index >= 15 is 0 Å². The monoisotopic (exact) mass is 998 g/mol. The van der Waals surface area contributed by atoms with E-state index in [9.17, 15) is 20.4 Å². The van der Waals surface area contributed by atoms with Gasteiger partial charge >= 0.3 is 0 Å². The lowest BCUT2D eigenvalue weighted by atomic mass is 10.0. The largest absolute Gasteiger partial charge is 0.457 e. The molecule has 0 unspecified atom stereocenters. The molecule has 0 saturated heterocycles. The van der Waals surface area contributed by atoms with Gasteiger partial charge in [-0.3, -0.25) is 0 Å². The Kier molecular flexibility index (Phi) is 11.8. The molecule has 2 aliphatic rings. The standard InChI is InChI=1S/C64H46N4O8/c69-33-37-1-9-41(10-2-37)73-45-17-21-49-53(25-45)61-29-58-50-22-18-46(74-42-11-3-38(34-70)4-12-42)26-54(50)63(66-58)31-60-52-24-20-48(76-44-15-7-40(36-72)8-16-44)28-56(52)64(68-60)32-59-51-23-19-47(75-43-13-5-39(35-71)6-14-43)27-55(51)62(67-59)30-57(49)65-61/h1-32,65,68-72H,33-36H2. The summed E-state index contributed by atoms with van der Waals surface area (Å²) in [7, 11) is 0. The number of hydrogen-bond acceptors (Lipinski definition) is 10. The molecule has 8 aromatic carbocycles. The van der Waals surface area contributed by atoms with Gasteiger partial charge in [0.05, 0.1) is 49.2 Å². The molecule has 12 heteroatoms. The van der Waals surface area contributed by atoms with Crippen molar-refractivity contribution in [3.05, 3.63) is 216 Å². The molecule has 11 aromatic rings. The van der Waals surface area contributed by atoms with E-state index in [1.54, 1.807) is 0 Å². The van der Waals surface area contributed by atoms with E-state index in [0.29, 0.717) is 57.4 Å². The van der Waals surface area contributed by atoms with Crippen molar-refractivity contribution in [3.8, 4) is 91.0 Å². The first-order valence-corrected chi connectivity index (χ1v) is 24.8. The highest BCUT2D eigenvalue weighted by Crippen LogP contribution is 2.44. The Labute approximate surface area is 435 Å². The highest BCUT2D eigenvalue weighted by Gasteiger charge is 2.22. The van der Waals surface area contributed by atoms with E-state index in [4.69, 9.17) is 28.9 Å². The molecule has 0 radical (unpaired) electrons. The van der Waals surface area contributed by atoms with Crippen molar-refractivity contribution < 1.29 is 39.4 Å². The van der Waals surface area contributed by atoms with Crippen LogP contribution in [0.2, 0.25) is 0 Å². The second-order valence-corrected chi connectivity index (χ2v) is 18.7. The number of H-pyrrole nitrogens is 2. The maximum absolute atomic E-state index is 9.67. The van der Waals surface area contributed by atoms with Gasteiger partial charge < -0.3 is 49.3 Å². The summed E-state index contributed by atoms with van der Waals surface area (Å²) in [4.78, 5) is 18.3. The minimum absolute atomic E-state index is 0.0610. The van der Waals surface area contributed by atoms with Crippen molar-refractivity contribution in [2.24, 2.45) is 0 Å². The number of hydrogen-bond donors (Lipinski definition) is 6. The average Bonchev–Trinajstić information content (AvgIpc) is 4.20. The van der Waals surface area contributed by atoms with Gasteiger partial charge in [-0.1, -0.05) is 48.5 Å². The Bertz CT molecular complexity index is 3930. The fraction of sp³-hybridized carbons (Fsp3) is 0.0625. The van der Waals surface area contributed by atoms with Crippen molar-refractivity contribution >= 4 is 43.6 Å².